The number of carboxylic acids is 1. The van der Waals surface area contributed by atoms with Gasteiger partial charge in [0.05, 0.1) is 17.9 Å². The lowest BCUT2D eigenvalue weighted by Crippen LogP contribution is -2.54. The molecule has 0 bridgehead atoms. The number of nitrogens with zero attached hydrogens (tertiary/aromatic N) is 6. The van der Waals surface area contributed by atoms with Crippen LogP contribution >= 0.6 is 23.2 Å². The first kappa shape index (κ1) is 25.2. The highest BCUT2D eigenvalue weighted by Crippen LogP contribution is 2.35. The first-order valence-corrected chi connectivity index (χ1v) is 13.4. The van der Waals surface area contributed by atoms with E-state index in [2.05, 4.69) is 16.7 Å². The van der Waals surface area contributed by atoms with E-state index in [9.17, 15) is 4.79 Å². The number of carboxylic acid groups (broad SMARTS) is 1. The van der Waals surface area contributed by atoms with Crippen molar-refractivity contribution in [3.8, 4) is 0 Å². The van der Waals surface area contributed by atoms with Crippen LogP contribution in [0.1, 0.15) is 49.9 Å². The van der Waals surface area contributed by atoms with Gasteiger partial charge in [0.25, 0.3) is 0 Å². The molecule has 2 atom stereocenters. The molecule has 0 unspecified atom stereocenters. The van der Waals surface area contributed by atoms with Crippen LogP contribution in [0.2, 0.25) is 10.0 Å². The zero-order chi connectivity index (χ0) is 25.4. The van der Waals surface area contributed by atoms with Gasteiger partial charge in [0.2, 0.25) is 0 Å². The monoisotopic (exact) mass is 530 g/mol. The Kier molecular flexibility index (Phi) is 7.37. The minimum atomic E-state index is -0.710. The van der Waals surface area contributed by atoms with Crippen LogP contribution in [0.3, 0.4) is 0 Å². The number of hydrogen-bond acceptors (Lipinski definition) is 6. The van der Waals surface area contributed by atoms with Crippen molar-refractivity contribution in [2.45, 2.75) is 45.6 Å². The Morgan fingerprint density at radius 1 is 1.22 bits per heavy atom. The summed E-state index contributed by atoms with van der Waals surface area (Å²) < 4.78 is 1.91. The van der Waals surface area contributed by atoms with Crippen molar-refractivity contribution in [3.63, 3.8) is 0 Å². The van der Waals surface area contributed by atoms with E-state index < -0.39 is 5.97 Å². The summed E-state index contributed by atoms with van der Waals surface area (Å²) in [5, 5.41) is 14.9. The van der Waals surface area contributed by atoms with Gasteiger partial charge in [-0.3, -0.25) is 4.79 Å². The summed E-state index contributed by atoms with van der Waals surface area (Å²) in [6, 6.07) is 5.41. The van der Waals surface area contributed by atoms with Crippen LogP contribution in [0.4, 0.5) is 5.82 Å². The maximum absolute atomic E-state index is 10.8. The van der Waals surface area contributed by atoms with Crippen LogP contribution in [-0.4, -0.2) is 68.4 Å². The largest absolute Gasteiger partial charge is 0.481 e. The van der Waals surface area contributed by atoms with Crippen molar-refractivity contribution < 1.29 is 9.90 Å². The van der Waals surface area contributed by atoms with Gasteiger partial charge >= 0.3 is 5.97 Å². The average Bonchev–Trinajstić information content (AvgIpc) is 3.14. The predicted molar refractivity (Wildman–Crippen MR) is 142 cm³/mol. The molecule has 1 N–H and O–H groups in total. The maximum atomic E-state index is 10.8. The number of piperidine rings is 1. The van der Waals surface area contributed by atoms with Gasteiger partial charge in [-0.2, -0.15) is 5.10 Å². The van der Waals surface area contributed by atoms with E-state index in [1.165, 1.54) is 12.8 Å². The zero-order valence-corrected chi connectivity index (χ0v) is 22.2. The van der Waals surface area contributed by atoms with Crippen LogP contribution in [0.5, 0.6) is 0 Å². The Balaban J connectivity index is 1.27. The average molecular weight is 531 g/mol. The Morgan fingerprint density at radius 2 is 2.03 bits per heavy atom. The van der Waals surface area contributed by atoms with E-state index in [0.717, 1.165) is 67.4 Å². The molecule has 36 heavy (non-hydrogen) atoms. The number of benzene rings is 1. The normalized spacial score (nSPS) is 20.0. The fourth-order valence-electron chi connectivity index (χ4n) is 5.57. The van der Waals surface area contributed by atoms with Crippen LogP contribution in [0, 0.1) is 18.8 Å². The van der Waals surface area contributed by atoms with E-state index in [1.807, 2.05) is 29.9 Å². The fourth-order valence-corrected chi connectivity index (χ4v) is 6.13. The molecule has 10 heteroatoms. The molecule has 2 saturated heterocycles. The number of carbonyl (C=O) groups is 1. The molecular formula is C26H32Cl2N6O2. The molecule has 1 aromatic carbocycles. The Morgan fingerprint density at radius 3 is 2.78 bits per heavy atom. The Bertz CT molecular complexity index is 1260. The van der Waals surface area contributed by atoms with Crippen LogP contribution in [-0.2, 0) is 4.79 Å². The minimum Gasteiger partial charge on any atom is -0.481 e. The lowest BCUT2D eigenvalue weighted by atomic mass is 9.80. The second kappa shape index (κ2) is 10.5. The summed E-state index contributed by atoms with van der Waals surface area (Å²) in [4.78, 5) is 25.3. The van der Waals surface area contributed by atoms with Crippen molar-refractivity contribution >= 4 is 46.2 Å². The van der Waals surface area contributed by atoms with E-state index >= 15 is 0 Å². The third kappa shape index (κ3) is 5.17. The molecule has 8 nitrogen and oxygen atoms in total. The molecule has 192 valence electrons. The highest BCUT2D eigenvalue weighted by molar-refractivity contribution is 6.35. The van der Waals surface area contributed by atoms with Gasteiger partial charge in [-0.25, -0.2) is 14.6 Å². The van der Waals surface area contributed by atoms with E-state index in [4.69, 9.17) is 43.4 Å². The van der Waals surface area contributed by atoms with E-state index in [1.54, 1.807) is 6.07 Å². The molecular weight excluding hydrogens is 499 g/mol. The lowest BCUT2D eigenvalue weighted by Gasteiger charge is -2.47. The van der Waals surface area contributed by atoms with Crippen molar-refractivity contribution in [1.29, 1.82) is 0 Å². The molecule has 2 aliphatic heterocycles. The summed E-state index contributed by atoms with van der Waals surface area (Å²) in [6.07, 6.45) is 5.25. The van der Waals surface area contributed by atoms with Crippen LogP contribution in [0.15, 0.2) is 24.4 Å². The molecule has 0 spiro atoms. The molecule has 0 radical (unpaired) electrons. The summed E-state index contributed by atoms with van der Waals surface area (Å²) in [5.41, 5.74) is 3.34. The van der Waals surface area contributed by atoms with Gasteiger partial charge in [-0.1, -0.05) is 29.3 Å². The summed E-state index contributed by atoms with van der Waals surface area (Å²) >= 11 is 12.6. The van der Waals surface area contributed by atoms with Crippen molar-refractivity contribution in [2.24, 2.45) is 11.8 Å². The molecule has 2 aliphatic rings. The minimum absolute atomic E-state index is 0.117. The van der Waals surface area contributed by atoms with Gasteiger partial charge in [0, 0.05) is 36.1 Å². The Hall–Kier alpha value is -2.42. The molecule has 2 aromatic heterocycles. The topological polar surface area (TPSA) is 87.4 Å². The third-order valence-corrected chi connectivity index (χ3v) is 8.21. The fraction of sp³-hybridized carbons (Fsp3) is 0.538. The summed E-state index contributed by atoms with van der Waals surface area (Å²) in [6.45, 7) is 8.97. The van der Waals surface area contributed by atoms with Gasteiger partial charge in [-0.15, -0.1) is 0 Å². The number of likely N-dealkylation sites (tertiary alicyclic amines) is 1. The molecule has 0 aliphatic carbocycles. The van der Waals surface area contributed by atoms with Crippen LogP contribution in [0.25, 0.3) is 11.2 Å². The number of halogens is 2. The lowest BCUT2D eigenvalue weighted by molar-refractivity contribution is -0.137. The maximum Gasteiger partial charge on any atom is 0.303 e. The summed E-state index contributed by atoms with van der Waals surface area (Å²) in [5.74, 6) is 1.45. The number of fused-ring (bicyclic) bond motifs is 1. The second-order valence-electron chi connectivity index (χ2n) is 10.1. The number of rotatable bonds is 8. The van der Waals surface area contributed by atoms with Gasteiger partial charge in [0.1, 0.15) is 11.3 Å². The number of hydrogen-bond donors (Lipinski definition) is 1. The molecule has 0 saturated carbocycles. The number of aliphatic carboxylic acids is 1. The van der Waals surface area contributed by atoms with Crippen molar-refractivity contribution in [1.82, 2.24) is 24.6 Å². The van der Waals surface area contributed by atoms with E-state index in [-0.39, 0.29) is 12.5 Å². The second-order valence-corrected chi connectivity index (χ2v) is 11.0. The first-order chi connectivity index (χ1) is 17.3. The highest BCUT2D eigenvalue weighted by atomic mass is 35.5. The molecule has 4 heterocycles. The molecule has 5 rings (SSSR count). The standard InChI is InChI=1S/C26H32Cl2N6O2/c1-16-25-26(34(31-16)17(2)21-8-7-20(27)11-22(21)28)30-23(12-29-25)33-14-19(15-33)18-5-3-9-32(13-18)10-4-6-24(35)36/h7-8,11-12,17-19H,3-6,9-10,13-15H2,1-2H3,(H,35,36)/t17-,18-/m1/s1. The zero-order valence-electron chi connectivity index (χ0n) is 20.7. The number of aryl methyl sites for hydroxylation is 1. The first-order valence-electron chi connectivity index (χ1n) is 12.7. The SMILES string of the molecule is Cc1nn([C@H](C)c2ccc(Cl)cc2Cl)c2nc(N3CC([C@@H]4CCCN(CCCC(=O)O)C4)C3)cnc12. The van der Waals surface area contributed by atoms with Crippen LogP contribution < -0.4 is 4.90 Å². The number of anilines is 1. The quantitative estimate of drug-likeness (QED) is 0.435. The van der Waals surface area contributed by atoms with Crippen molar-refractivity contribution in [3.05, 3.63) is 45.7 Å². The van der Waals surface area contributed by atoms with Gasteiger partial charge in [0.15, 0.2) is 5.65 Å². The van der Waals surface area contributed by atoms with Gasteiger partial charge in [-0.05, 0) is 75.7 Å². The Labute approximate surface area is 221 Å². The number of aromatic nitrogens is 4. The van der Waals surface area contributed by atoms with Gasteiger partial charge < -0.3 is 14.9 Å². The third-order valence-electron chi connectivity index (χ3n) is 7.65. The summed E-state index contributed by atoms with van der Waals surface area (Å²) in [7, 11) is 0. The molecule has 2 fully saturated rings. The highest BCUT2D eigenvalue weighted by Gasteiger charge is 2.36. The molecule has 0 amide bonds. The van der Waals surface area contributed by atoms with E-state index in [0.29, 0.717) is 21.9 Å². The molecule has 3 aromatic rings. The smallest absolute Gasteiger partial charge is 0.303 e. The predicted octanol–water partition coefficient (Wildman–Crippen LogP) is 5.06. The van der Waals surface area contributed by atoms with Crippen molar-refractivity contribution in [2.75, 3.05) is 37.6 Å².